The lowest BCUT2D eigenvalue weighted by Gasteiger charge is -2.33. The molecule has 5 nitrogen and oxygen atoms in total. The first kappa shape index (κ1) is 13.2. The van der Waals surface area contributed by atoms with Crippen LogP contribution in [-0.2, 0) is 9.53 Å². The van der Waals surface area contributed by atoms with E-state index >= 15 is 0 Å². The predicted molar refractivity (Wildman–Crippen MR) is 65.1 cm³/mol. The highest BCUT2D eigenvalue weighted by Crippen LogP contribution is 2.45. The van der Waals surface area contributed by atoms with Gasteiger partial charge in [0, 0.05) is 6.04 Å². The molecule has 0 heterocycles. The Morgan fingerprint density at radius 3 is 2.22 bits per heavy atom. The third kappa shape index (κ3) is 2.76. The third-order valence-electron chi connectivity index (χ3n) is 4.08. The van der Waals surface area contributed by atoms with Crippen molar-refractivity contribution in [2.75, 3.05) is 0 Å². The van der Waals surface area contributed by atoms with E-state index in [1.54, 1.807) is 0 Å². The van der Waals surface area contributed by atoms with Crippen molar-refractivity contribution in [3.63, 3.8) is 0 Å². The first-order chi connectivity index (χ1) is 8.47. The summed E-state index contributed by atoms with van der Waals surface area (Å²) in [5.74, 6) is -0.342. The Labute approximate surface area is 107 Å². The molecule has 0 saturated heterocycles. The summed E-state index contributed by atoms with van der Waals surface area (Å²) < 4.78 is 5.09. The highest BCUT2D eigenvalue weighted by Gasteiger charge is 2.45. The van der Waals surface area contributed by atoms with Crippen molar-refractivity contribution in [2.45, 2.75) is 51.7 Å². The maximum atomic E-state index is 11.6. The number of hydrogen-bond donors (Lipinski definition) is 2. The Morgan fingerprint density at radius 2 is 1.78 bits per heavy atom. The number of alkyl carbamates (subject to hydrolysis) is 1. The summed E-state index contributed by atoms with van der Waals surface area (Å²) in [6.45, 7) is 3.63. The van der Waals surface area contributed by atoms with Gasteiger partial charge in [-0.05, 0) is 51.4 Å². The van der Waals surface area contributed by atoms with Gasteiger partial charge < -0.3 is 15.2 Å². The van der Waals surface area contributed by atoms with Crippen LogP contribution in [-0.4, -0.2) is 29.3 Å². The molecule has 18 heavy (non-hydrogen) atoms. The van der Waals surface area contributed by atoms with E-state index in [0.29, 0.717) is 24.7 Å². The summed E-state index contributed by atoms with van der Waals surface area (Å²) in [5, 5.41) is 12.0. The zero-order valence-electron chi connectivity index (χ0n) is 10.9. The fourth-order valence-electron chi connectivity index (χ4n) is 3.35. The minimum absolute atomic E-state index is 0.104. The van der Waals surface area contributed by atoms with Crippen LogP contribution in [0.15, 0.2) is 0 Å². The van der Waals surface area contributed by atoms with Crippen LogP contribution in [0.1, 0.15) is 39.5 Å². The Balaban J connectivity index is 1.92. The minimum atomic E-state index is -0.699. The molecule has 5 heteroatoms. The van der Waals surface area contributed by atoms with E-state index < -0.39 is 5.97 Å². The number of carboxylic acids is 1. The molecule has 0 aliphatic heterocycles. The summed E-state index contributed by atoms with van der Waals surface area (Å²) in [4.78, 5) is 22.6. The summed E-state index contributed by atoms with van der Waals surface area (Å²) in [7, 11) is 0. The molecule has 0 aromatic rings. The molecular formula is C13H21NO4. The number of hydrogen-bond acceptors (Lipinski definition) is 3. The molecule has 0 spiro atoms. The molecule has 102 valence electrons. The SMILES string of the molecule is CC(C)OC(=O)NC1C2CCC1CC(C(=O)O)C2. The summed E-state index contributed by atoms with van der Waals surface area (Å²) in [6, 6.07) is 0.104. The molecular weight excluding hydrogens is 234 g/mol. The van der Waals surface area contributed by atoms with Crippen molar-refractivity contribution < 1.29 is 19.4 Å². The number of fused-ring (bicyclic) bond motifs is 2. The van der Waals surface area contributed by atoms with Gasteiger partial charge in [-0.25, -0.2) is 4.79 Å². The van der Waals surface area contributed by atoms with E-state index in [1.165, 1.54) is 0 Å². The number of carboxylic acid groups (broad SMARTS) is 1. The van der Waals surface area contributed by atoms with E-state index in [1.807, 2.05) is 13.8 Å². The van der Waals surface area contributed by atoms with Gasteiger partial charge in [0.2, 0.25) is 0 Å². The zero-order valence-corrected chi connectivity index (χ0v) is 10.9. The number of amides is 1. The molecule has 2 fully saturated rings. The maximum Gasteiger partial charge on any atom is 0.407 e. The quantitative estimate of drug-likeness (QED) is 0.809. The number of ether oxygens (including phenoxy) is 1. The molecule has 2 rings (SSSR count). The van der Waals surface area contributed by atoms with Crippen molar-refractivity contribution in [1.82, 2.24) is 5.32 Å². The van der Waals surface area contributed by atoms with Gasteiger partial charge >= 0.3 is 12.1 Å². The minimum Gasteiger partial charge on any atom is -0.481 e. The van der Waals surface area contributed by atoms with Crippen molar-refractivity contribution in [1.29, 1.82) is 0 Å². The maximum absolute atomic E-state index is 11.6. The van der Waals surface area contributed by atoms with E-state index in [4.69, 9.17) is 9.84 Å². The molecule has 2 saturated carbocycles. The standard InChI is InChI=1S/C13H21NO4/c1-7(2)18-13(17)14-11-8-3-4-9(11)6-10(5-8)12(15)16/h7-11H,3-6H2,1-2H3,(H,14,17)(H,15,16). The van der Waals surface area contributed by atoms with Crippen LogP contribution in [0, 0.1) is 17.8 Å². The summed E-state index contributed by atoms with van der Waals surface area (Å²) >= 11 is 0. The number of aliphatic carboxylic acids is 1. The van der Waals surface area contributed by atoms with Crippen molar-refractivity contribution in [2.24, 2.45) is 17.8 Å². The molecule has 2 unspecified atom stereocenters. The van der Waals surface area contributed by atoms with Crippen molar-refractivity contribution >= 4 is 12.1 Å². The van der Waals surface area contributed by atoms with Crippen LogP contribution in [0.5, 0.6) is 0 Å². The first-order valence-electron chi connectivity index (χ1n) is 6.67. The van der Waals surface area contributed by atoms with Gasteiger partial charge in [0.15, 0.2) is 0 Å². The van der Waals surface area contributed by atoms with E-state index in [2.05, 4.69) is 5.32 Å². The number of carbonyl (C=O) groups is 2. The van der Waals surface area contributed by atoms with Gasteiger partial charge in [-0.3, -0.25) is 4.79 Å². The monoisotopic (exact) mass is 255 g/mol. The van der Waals surface area contributed by atoms with E-state index in [-0.39, 0.29) is 24.2 Å². The van der Waals surface area contributed by atoms with E-state index in [9.17, 15) is 9.59 Å². The molecule has 0 aromatic carbocycles. The Kier molecular flexibility index (Phi) is 3.78. The van der Waals surface area contributed by atoms with Gasteiger partial charge in [-0.1, -0.05) is 0 Å². The topological polar surface area (TPSA) is 75.6 Å². The summed E-state index contributed by atoms with van der Waals surface area (Å²) in [5.41, 5.74) is 0. The number of nitrogens with one attached hydrogen (secondary N) is 1. The lowest BCUT2D eigenvalue weighted by Crippen LogP contribution is -2.46. The Morgan fingerprint density at radius 1 is 1.22 bits per heavy atom. The molecule has 0 aromatic heterocycles. The second kappa shape index (κ2) is 5.16. The van der Waals surface area contributed by atoms with Gasteiger partial charge in [0.05, 0.1) is 12.0 Å². The molecule has 2 aliphatic rings. The smallest absolute Gasteiger partial charge is 0.407 e. The summed E-state index contributed by atoms with van der Waals surface area (Å²) in [6.07, 6.45) is 2.89. The molecule has 2 N–H and O–H groups in total. The average molecular weight is 255 g/mol. The average Bonchev–Trinajstić information content (AvgIpc) is 2.49. The molecule has 2 atom stereocenters. The van der Waals surface area contributed by atoms with Gasteiger partial charge in [0.1, 0.15) is 0 Å². The fraction of sp³-hybridized carbons (Fsp3) is 0.846. The van der Waals surface area contributed by atoms with Crippen molar-refractivity contribution in [3.8, 4) is 0 Å². The fourth-order valence-corrected chi connectivity index (χ4v) is 3.35. The van der Waals surface area contributed by atoms with Gasteiger partial charge in [-0.2, -0.15) is 0 Å². The Bertz CT molecular complexity index is 328. The van der Waals surface area contributed by atoms with Gasteiger partial charge in [-0.15, -0.1) is 0 Å². The van der Waals surface area contributed by atoms with Crippen LogP contribution in [0.25, 0.3) is 0 Å². The highest BCUT2D eigenvalue weighted by molar-refractivity contribution is 5.71. The Hall–Kier alpha value is -1.26. The van der Waals surface area contributed by atoms with Crippen LogP contribution < -0.4 is 5.32 Å². The zero-order chi connectivity index (χ0) is 13.3. The third-order valence-corrected chi connectivity index (χ3v) is 4.08. The normalized spacial score (nSPS) is 34.4. The lowest BCUT2D eigenvalue weighted by molar-refractivity contribution is -0.143. The van der Waals surface area contributed by atoms with Crippen LogP contribution >= 0.6 is 0 Å². The van der Waals surface area contributed by atoms with Crippen LogP contribution in [0.4, 0.5) is 4.79 Å². The highest BCUT2D eigenvalue weighted by atomic mass is 16.6. The second-order valence-corrected chi connectivity index (χ2v) is 5.73. The van der Waals surface area contributed by atoms with Gasteiger partial charge in [0.25, 0.3) is 0 Å². The molecule has 2 bridgehead atoms. The van der Waals surface area contributed by atoms with E-state index in [0.717, 1.165) is 12.8 Å². The molecule has 0 radical (unpaired) electrons. The number of carbonyl (C=O) groups excluding carboxylic acids is 1. The van der Waals surface area contributed by atoms with Crippen LogP contribution in [0.2, 0.25) is 0 Å². The van der Waals surface area contributed by atoms with Crippen molar-refractivity contribution in [3.05, 3.63) is 0 Å². The second-order valence-electron chi connectivity index (χ2n) is 5.73. The molecule has 1 amide bonds. The molecule has 2 aliphatic carbocycles. The largest absolute Gasteiger partial charge is 0.481 e. The number of rotatable bonds is 3. The first-order valence-corrected chi connectivity index (χ1v) is 6.67. The predicted octanol–water partition coefficient (Wildman–Crippen LogP) is 2.01. The van der Waals surface area contributed by atoms with Crippen LogP contribution in [0.3, 0.4) is 0 Å². The lowest BCUT2D eigenvalue weighted by atomic mass is 9.77.